The summed E-state index contributed by atoms with van der Waals surface area (Å²) in [6.45, 7) is 7.15. The van der Waals surface area contributed by atoms with Gasteiger partial charge in [-0.3, -0.25) is 14.3 Å². The summed E-state index contributed by atoms with van der Waals surface area (Å²) in [5, 5.41) is 18.5. The van der Waals surface area contributed by atoms with Gasteiger partial charge < -0.3 is 4.90 Å². The van der Waals surface area contributed by atoms with Gasteiger partial charge in [-0.15, -0.1) is 10.2 Å². The first-order valence-corrected chi connectivity index (χ1v) is 13.1. The summed E-state index contributed by atoms with van der Waals surface area (Å²) in [6.07, 6.45) is 3.98. The van der Waals surface area contributed by atoms with Gasteiger partial charge in [0, 0.05) is 17.9 Å². The average molecular weight is 489 g/mol. The van der Waals surface area contributed by atoms with E-state index in [9.17, 15) is 4.79 Å². The molecular formula is C27H32N6OS. The Kier molecular flexibility index (Phi) is 8.56. The molecule has 0 aliphatic carbocycles. The molecule has 0 bridgehead atoms. The molecule has 1 fully saturated rings. The van der Waals surface area contributed by atoms with Crippen LogP contribution in [0.3, 0.4) is 0 Å². The van der Waals surface area contributed by atoms with Crippen LogP contribution >= 0.6 is 11.8 Å². The lowest BCUT2D eigenvalue weighted by atomic mass is 10.1. The quantitative estimate of drug-likeness (QED) is 0.395. The zero-order chi connectivity index (χ0) is 24.6. The van der Waals surface area contributed by atoms with Gasteiger partial charge in [-0.1, -0.05) is 54.1 Å². The third-order valence-electron chi connectivity index (χ3n) is 6.22. The second kappa shape index (κ2) is 12.0. The molecule has 2 aromatic carbocycles. The monoisotopic (exact) mass is 488 g/mol. The Hall–Kier alpha value is -3.15. The standard InChI is InChI=1S/C27H32N6OS/c1-21-12-14-23(15-13-21)32(19-9-16-28)26(34)22(2)35-27-30-29-25(20-31-17-7-4-8-18-31)33(27)24-10-5-3-6-11-24/h3,5-6,10-15,22H,4,7-9,17-20H2,1-2H3. The zero-order valence-corrected chi connectivity index (χ0v) is 21.2. The molecule has 1 aromatic heterocycles. The summed E-state index contributed by atoms with van der Waals surface area (Å²) in [5.41, 5.74) is 2.92. The van der Waals surface area contributed by atoms with Crippen LogP contribution in [0.2, 0.25) is 0 Å². The zero-order valence-electron chi connectivity index (χ0n) is 20.4. The molecule has 0 spiro atoms. The van der Waals surface area contributed by atoms with Crippen LogP contribution in [0.25, 0.3) is 5.69 Å². The number of likely N-dealkylation sites (tertiary alicyclic amines) is 1. The minimum absolute atomic E-state index is 0.0469. The highest BCUT2D eigenvalue weighted by Crippen LogP contribution is 2.29. The number of nitriles is 1. The van der Waals surface area contributed by atoms with Crippen LogP contribution in [0.4, 0.5) is 5.69 Å². The third-order valence-corrected chi connectivity index (χ3v) is 7.25. The van der Waals surface area contributed by atoms with Crippen LogP contribution in [0.5, 0.6) is 0 Å². The minimum Gasteiger partial charge on any atom is -0.310 e. The molecule has 3 aromatic rings. The molecule has 8 heteroatoms. The van der Waals surface area contributed by atoms with Gasteiger partial charge in [0.15, 0.2) is 11.0 Å². The Balaban J connectivity index is 1.58. The number of thioether (sulfide) groups is 1. The molecule has 0 N–H and O–H groups in total. The van der Waals surface area contributed by atoms with Crippen LogP contribution in [0.1, 0.15) is 44.0 Å². The number of anilines is 1. The van der Waals surface area contributed by atoms with Crippen molar-refractivity contribution < 1.29 is 4.79 Å². The fourth-order valence-corrected chi connectivity index (χ4v) is 5.26. The van der Waals surface area contributed by atoms with E-state index in [1.165, 1.54) is 31.0 Å². The van der Waals surface area contributed by atoms with Gasteiger partial charge in [0.1, 0.15) is 0 Å². The molecule has 0 radical (unpaired) electrons. The topological polar surface area (TPSA) is 78.0 Å². The van der Waals surface area contributed by atoms with Crippen molar-refractivity contribution in [2.24, 2.45) is 0 Å². The molecule has 1 amide bonds. The predicted octanol–water partition coefficient (Wildman–Crippen LogP) is 4.99. The number of rotatable bonds is 9. The van der Waals surface area contributed by atoms with Crippen molar-refractivity contribution in [2.45, 2.75) is 56.5 Å². The summed E-state index contributed by atoms with van der Waals surface area (Å²) in [6, 6.07) is 20.1. The summed E-state index contributed by atoms with van der Waals surface area (Å²) in [4.78, 5) is 17.7. The van der Waals surface area contributed by atoms with Crippen molar-refractivity contribution in [2.75, 3.05) is 24.5 Å². The largest absolute Gasteiger partial charge is 0.310 e. The van der Waals surface area contributed by atoms with E-state index in [4.69, 9.17) is 5.26 Å². The van der Waals surface area contributed by atoms with Crippen molar-refractivity contribution in [3.8, 4) is 11.8 Å². The maximum absolute atomic E-state index is 13.5. The van der Waals surface area contributed by atoms with Crippen LogP contribution in [-0.2, 0) is 11.3 Å². The average Bonchev–Trinajstić information content (AvgIpc) is 3.27. The maximum atomic E-state index is 13.5. The van der Waals surface area contributed by atoms with E-state index in [1.54, 1.807) is 4.90 Å². The van der Waals surface area contributed by atoms with Gasteiger partial charge >= 0.3 is 0 Å². The molecule has 35 heavy (non-hydrogen) atoms. The molecule has 182 valence electrons. The van der Waals surface area contributed by atoms with Crippen LogP contribution in [0, 0.1) is 18.3 Å². The van der Waals surface area contributed by atoms with Crippen LogP contribution < -0.4 is 4.90 Å². The second-order valence-corrected chi connectivity index (χ2v) is 10.2. The first-order chi connectivity index (χ1) is 17.1. The minimum atomic E-state index is -0.399. The lowest BCUT2D eigenvalue weighted by molar-refractivity contribution is -0.117. The van der Waals surface area contributed by atoms with Crippen molar-refractivity contribution in [3.63, 3.8) is 0 Å². The first-order valence-electron chi connectivity index (χ1n) is 12.2. The Labute approximate surface area is 211 Å². The molecule has 7 nitrogen and oxygen atoms in total. The van der Waals surface area contributed by atoms with Gasteiger partial charge in [-0.2, -0.15) is 5.26 Å². The smallest absolute Gasteiger partial charge is 0.240 e. The van der Waals surface area contributed by atoms with Crippen molar-refractivity contribution in [3.05, 3.63) is 66.0 Å². The van der Waals surface area contributed by atoms with E-state index in [-0.39, 0.29) is 12.3 Å². The number of aromatic nitrogens is 3. The second-order valence-electron chi connectivity index (χ2n) is 8.90. The number of carbonyl (C=O) groups is 1. The van der Waals surface area contributed by atoms with Gasteiger partial charge in [0.25, 0.3) is 0 Å². The van der Waals surface area contributed by atoms with E-state index in [1.807, 2.05) is 68.4 Å². The summed E-state index contributed by atoms with van der Waals surface area (Å²) in [5.74, 6) is 0.842. The molecule has 1 aliphatic heterocycles. The summed E-state index contributed by atoms with van der Waals surface area (Å²) < 4.78 is 2.08. The highest BCUT2D eigenvalue weighted by Gasteiger charge is 2.26. The van der Waals surface area contributed by atoms with E-state index in [0.717, 1.165) is 42.4 Å². The van der Waals surface area contributed by atoms with Gasteiger partial charge in [0.2, 0.25) is 5.91 Å². The molecular weight excluding hydrogens is 456 g/mol. The molecule has 1 aliphatic rings. The lowest BCUT2D eigenvalue weighted by Crippen LogP contribution is -2.37. The fourth-order valence-electron chi connectivity index (χ4n) is 4.31. The number of benzene rings is 2. The van der Waals surface area contributed by atoms with E-state index in [2.05, 4.69) is 25.7 Å². The Morgan fingerprint density at radius 1 is 1.09 bits per heavy atom. The SMILES string of the molecule is Cc1ccc(N(CCC#N)C(=O)C(C)Sc2nnc(CN3CCCCC3)n2-c2ccccc2)cc1. The van der Waals surface area contributed by atoms with Gasteiger partial charge in [-0.25, -0.2) is 0 Å². The Morgan fingerprint density at radius 2 is 1.80 bits per heavy atom. The molecule has 1 saturated heterocycles. The molecule has 1 atom stereocenters. The van der Waals surface area contributed by atoms with Crippen molar-refractivity contribution in [1.29, 1.82) is 5.26 Å². The van der Waals surface area contributed by atoms with Crippen molar-refractivity contribution >= 4 is 23.4 Å². The first kappa shape index (κ1) is 25.0. The van der Waals surface area contributed by atoms with Crippen LogP contribution in [-0.4, -0.2) is 50.5 Å². The molecule has 2 heterocycles. The van der Waals surface area contributed by atoms with Gasteiger partial charge in [0.05, 0.1) is 24.3 Å². The number of hydrogen-bond acceptors (Lipinski definition) is 6. The lowest BCUT2D eigenvalue weighted by Gasteiger charge is -2.26. The number of piperidine rings is 1. The van der Waals surface area contributed by atoms with E-state index >= 15 is 0 Å². The number of aryl methyl sites for hydroxylation is 1. The van der Waals surface area contributed by atoms with E-state index < -0.39 is 5.25 Å². The highest BCUT2D eigenvalue weighted by atomic mass is 32.2. The van der Waals surface area contributed by atoms with E-state index in [0.29, 0.717) is 11.7 Å². The number of para-hydroxylation sites is 1. The normalized spacial score (nSPS) is 14.9. The summed E-state index contributed by atoms with van der Waals surface area (Å²) >= 11 is 1.41. The van der Waals surface area contributed by atoms with Crippen molar-refractivity contribution in [1.82, 2.24) is 19.7 Å². The predicted molar refractivity (Wildman–Crippen MR) is 140 cm³/mol. The van der Waals surface area contributed by atoms with Crippen LogP contribution in [0.15, 0.2) is 59.8 Å². The Morgan fingerprint density at radius 3 is 2.49 bits per heavy atom. The molecule has 4 rings (SSSR count). The number of carbonyl (C=O) groups excluding carboxylic acids is 1. The highest BCUT2D eigenvalue weighted by molar-refractivity contribution is 8.00. The number of amides is 1. The van der Waals surface area contributed by atoms with Gasteiger partial charge in [-0.05, 0) is 64.0 Å². The maximum Gasteiger partial charge on any atom is 0.240 e. The number of hydrogen-bond donors (Lipinski definition) is 0. The molecule has 0 saturated carbocycles. The Bertz CT molecular complexity index is 1150. The summed E-state index contributed by atoms with van der Waals surface area (Å²) in [7, 11) is 0. The number of nitrogens with zero attached hydrogens (tertiary/aromatic N) is 6. The fraction of sp³-hybridized carbons (Fsp3) is 0.407. The molecule has 1 unspecified atom stereocenters. The third kappa shape index (κ3) is 6.30.